The van der Waals surface area contributed by atoms with Crippen molar-refractivity contribution in [2.75, 3.05) is 0 Å². The molecule has 4 aromatic rings. The number of aliphatic hydroxyl groups is 1. The van der Waals surface area contributed by atoms with Crippen LogP contribution in [0.25, 0.3) is 22.0 Å². The van der Waals surface area contributed by atoms with Crippen LogP contribution in [0.3, 0.4) is 0 Å². The Balaban J connectivity index is 1.66. The number of ether oxygens (including phenoxy) is 1. The fraction of sp³-hybridized carbons (Fsp3) is 0.150. The van der Waals surface area contributed by atoms with Crippen molar-refractivity contribution in [3.8, 4) is 16.9 Å². The number of fused-ring (bicyclic) bond motifs is 1. The Morgan fingerprint density at radius 2 is 1.83 bits per heavy atom. The van der Waals surface area contributed by atoms with E-state index in [0.29, 0.717) is 27.7 Å². The summed E-state index contributed by atoms with van der Waals surface area (Å²) in [5, 5.41) is 9.39. The van der Waals surface area contributed by atoms with Gasteiger partial charge < -0.3 is 14.3 Å². The van der Waals surface area contributed by atoms with Gasteiger partial charge in [0.1, 0.15) is 24.3 Å². The second kappa shape index (κ2) is 7.64. The van der Waals surface area contributed by atoms with Gasteiger partial charge in [-0.05, 0) is 35.4 Å². The van der Waals surface area contributed by atoms with Crippen LogP contribution >= 0.6 is 0 Å². The van der Waals surface area contributed by atoms with Gasteiger partial charge in [0.15, 0.2) is 0 Å². The average molecular weight is 417 g/mol. The lowest BCUT2D eigenvalue weighted by molar-refractivity contribution is -0.274. The van der Waals surface area contributed by atoms with E-state index in [9.17, 15) is 18.0 Å². The van der Waals surface area contributed by atoms with Crippen molar-refractivity contribution in [1.82, 2.24) is 14.5 Å². The molecule has 10 heteroatoms. The Hall–Kier alpha value is -3.66. The smallest absolute Gasteiger partial charge is 0.447 e. The summed E-state index contributed by atoms with van der Waals surface area (Å²) in [6, 6.07) is 10.4. The van der Waals surface area contributed by atoms with Gasteiger partial charge in [-0.3, -0.25) is 9.36 Å². The molecule has 0 saturated heterocycles. The highest BCUT2D eigenvalue weighted by atomic mass is 19.4. The minimum Gasteiger partial charge on any atom is -0.447 e. The molecular weight excluding hydrogens is 403 g/mol. The number of hydrogen-bond donors (Lipinski definition) is 1. The minimum atomic E-state index is -4.76. The van der Waals surface area contributed by atoms with Crippen LogP contribution in [0.4, 0.5) is 13.2 Å². The molecule has 7 nitrogen and oxygen atoms in total. The molecular formula is C20H14F3N3O4. The van der Waals surface area contributed by atoms with Crippen molar-refractivity contribution >= 4 is 10.9 Å². The number of aromatic nitrogens is 3. The van der Waals surface area contributed by atoms with Gasteiger partial charge in [0, 0.05) is 0 Å². The fourth-order valence-electron chi connectivity index (χ4n) is 2.94. The van der Waals surface area contributed by atoms with Gasteiger partial charge in [-0.2, -0.15) is 0 Å². The van der Waals surface area contributed by atoms with Crippen LogP contribution in [-0.4, -0.2) is 26.0 Å². The van der Waals surface area contributed by atoms with E-state index in [1.807, 2.05) is 0 Å². The number of halogens is 3. The van der Waals surface area contributed by atoms with Crippen LogP contribution in [0.5, 0.6) is 5.75 Å². The first kappa shape index (κ1) is 19.6. The van der Waals surface area contributed by atoms with Gasteiger partial charge in [-0.15, -0.1) is 13.2 Å². The van der Waals surface area contributed by atoms with Gasteiger partial charge in [0.2, 0.25) is 5.89 Å². The summed E-state index contributed by atoms with van der Waals surface area (Å²) in [5.74, 6) is -0.0806. The lowest BCUT2D eigenvalue weighted by atomic mass is 10.0. The number of benzene rings is 2. The highest BCUT2D eigenvalue weighted by molar-refractivity contribution is 5.83. The number of hydrogen-bond acceptors (Lipinski definition) is 6. The third kappa shape index (κ3) is 4.18. The summed E-state index contributed by atoms with van der Waals surface area (Å²) >= 11 is 0. The molecule has 1 N–H and O–H groups in total. The quantitative estimate of drug-likeness (QED) is 0.535. The van der Waals surface area contributed by atoms with Crippen LogP contribution in [0, 0.1) is 0 Å². The second-order valence-corrected chi connectivity index (χ2v) is 6.37. The highest BCUT2D eigenvalue weighted by Crippen LogP contribution is 2.27. The number of alkyl halides is 3. The molecule has 0 unspecified atom stereocenters. The van der Waals surface area contributed by atoms with Crippen LogP contribution in [-0.2, 0) is 13.2 Å². The van der Waals surface area contributed by atoms with Gasteiger partial charge in [0.05, 0.1) is 23.8 Å². The first-order chi connectivity index (χ1) is 14.3. The molecule has 0 aliphatic carbocycles. The van der Waals surface area contributed by atoms with Crippen LogP contribution in [0.15, 0.2) is 64.3 Å². The average Bonchev–Trinajstić information content (AvgIpc) is 3.17. The largest absolute Gasteiger partial charge is 0.573 e. The maximum Gasteiger partial charge on any atom is 0.573 e. The van der Waals surface area contributed by atoms with Crippen LogP contribution < -0.4 is 10.3 Å². The predicted octanol–water partition coefficient (Wildman–Crippen LogP) is 3.49. The van der Waals surface area contributed by atoms with Gasteiger partial charge >= 0.3 is 6.36 Å². The summed E-state index contributed by atoms with van der Waals surface area (Å²) in [4.78, 5) is 21.2. The van der Waals surface area contributed by atoms with E-state index in [4.69, 9.17) is 9.52 Å². The summed E-state index contributed by atoms with van der Waals surface area (Å²) in [6.07, 6.45) is -2.09. The highest BCUT2D eigenvalue weighted by Gasteiger charge is 2.30. The van der Waals surface area contributed by atoms with Crippen molar-refractivity contribution in [1.29, 1.82) is 0 Å². The monoisotopic (exact) mass is 417 g/mol. The van der Waals surface area contributed by atoms with Gasteiger partial charge in [-0.1, -0.05) is 18.2 Å². The SMILES string of the molecule is O=c1c2cc(-c3ccc(OC(F)(F)F)cc3)ccc2ncn1Cc1nc(CO)co1. The Morgan fingerprint density at radius 1 is 1.10 bits per heavy atom. The zero-order valence-electron chi connectivity index (χ0n) is 15.3. The van der Waals surface area contributed by atoms with Gasteiger partial charge in [0.25, 0.3) is 5.56 Å². The third-order valence-electron chi connectivity index (χ3n) is 4.31. The van der Waals surface area contributed by atoms with E-state index in [2.05, 4.69) is 14.7 Å². The van der Waals surface area contributed by atoms with Crippen molar-refractivity contribution in [3.63, 3.8) is 0 Å². The Bertz CT molecular complexity index is 1250. The first-order valence-electron chi connectivity index (χ1n) is 8.72. The predicted molar refractivity (Wildman–Crippen MR) is 99.6 cm³/mol. The topological polar surface area (TPSA) is 90.4 Å². The van der Waals surface area contributed by atoms with Crippen molar-refractivity contribution in [2.24, 2.45) is 0 Å². The van der Waals surface area contributed by atoms with E-state index in [1.54, 1.807) is 18.2 Å². The van der Waals surface area contributed by atoms with Crippen molar-refractivity contribution in [3.05, 3.63) is 77.0 Å². The maximum absolute atomic E-state index is 12.9. The molecule has 0 amide bonds. The molecule has 0 atom stereocenters. The van der Waals surface area contributed by atoms with Gasteiger partial charge in [-0.25, -0.2) is 9.97 Å². The lowest BCUT2D eigenvalue weighted by Gasteiger charge is -2.10. The molecule has 4 rings (SSSR count). The lowest BCUT2D eigenvalue weighted by Crippen LogP contribution is -2.21. The Kier molecular flexibility index (Phi) is 5.00. The molecule has 0 spiro atoms. The fourth-order valence-corrected chi connectivity index (χ4v) is 2.94. The zero-order valence-corrected chi connectivity index (χ0v) is 15.3. The zero-order chi connectivity index (χ0) is 21.3. The molecule has 154 valence electrons. The first-order valence-corrected chi connectivity index (χ1v) is 8.72. The molecule has 0 bridgehead atoms. The number of nitrogens with zero attached hydrogens (tertiary/aromatic N) is 3. The number of rotatable bonds is 5. The number of oxazole rings is 1. The standard InChI is InChI=1S/C20H14F3N3O4/c21-20(22,23)30-15-4-1-12(2-5-15)13-3-6-17-16(7-13)19(28)26(11-24-17)8-18-25-14(9-27)10-29-18/h1-7,10-11,27H,8-9H2. The molecule has 0 radical (unpaired) electrons. The molecule has 0 aliphatic rings. The Morgan fingerprint density at radius 3 is 2.50 bits per heavy atom. The molecule has 2 aromatic heterocycles. The van der Waals surface area contributed by atoms with Crippen LogP contribution in [0.2, 0.25) is 0 Å². The molecule has 30 heavy (non-hydrogen) atoms. The summed E-state index contributed by atoms with van der Waals surface area (Å²) in [5.41, 5.74) is 1.74. The Labute approximate surface area is 167 Å². The van der Waals surface area contributed by atoms with E-state index >= 15 is 0 Å². The molecule has 0 aliphatic heterocycles. The number of aliphatic hydroxyl groups excluding tert-OH is 1. The van der Waals surface area contributed by atoms with Crippen molar-refractivity contribution in [2.45, 2.75) is 19.5 Å². The molecule has 2 heterocycles. The molecule has 0 saturated carbocycles. The summed E-state index contributed by atoms with van der Waals surface area (Å²) < 4.78 is 47.3. The van der Waals surface area contributed by atoms with Crippen LogP contribution in [0.1, 0.15) is 11.6 Å². The third-order valence-corrected chi connectivity index (χ3v) is 4.31. The van der Waals surface area contributed by atoms with E-state index in [1.165, 1.54) is 41.4 Å². The molecule has 2 aromatic carbocycles. The normalized spacial score (nSPS) is 11.7. The van der Waals surface area contributed by atoms with Crippen molar-refractivity contribution < 1.29 is 27.4 Å². The van der Waals surface area contributed by atoms with E-state index in [0.717, 1.165) is 0 Å². The maximum atomic E-state index is 12.9. The molecule has 0 fully saturated rings. The summed E-state index contributed by atoms with van der Waals surface area (Å²) in [7, 11) is 0. The van der Waals surface area contributed by atoms with E-state index in [-0.39, 0.29) is 30.4 Å². The summed E-state index contributed by atoms with van der Waals surface area (Å²) in [6.45, 7) is -0.236. The second-order valence-electron chi connectivity index (χ2n) is 6.37. The van der Waals surface area contributed by atoms with E-state index < -0.39 is 6.36 Å². The minimum absolute atomic E-state index is 0.0372.